The monoisotopic (exact) mass is 210 g/mol. The molecule has 0 fully saturated rings. The van der Waals surface area contributed by atoms with Crippen molar-refractivity contribution in [3.8, 4) is 0 Å². The third-order valence-corrected chi connectivity index (χ3v) is 1.67. The molecule has 1 aromatic rings. The van der Waals surface area contributed by atoms with Crippen molar-refractivity contribution in [2.45, 2.75) is 19.4 Å². The molecule has 8 nitrogen and oxygen atoms in total. The van der Waals surface area contributed by atoms with E-state index in [1.807, 2.05) is 0 Å². The molecular formula is C7H10N6O2. The van der Waals surface area contributed by atoms with Crippen LogP contribution in [0, 0.1) is 0 Å². The maximum absolute atomic E-state index is 10.3. The summed E-state index contributed by atoms with van der Waals surface area (Å²) < 4.78 is 1.52. The van der Waals surface area contributed by atoms with Gasteiger partial charge in [0.1, 0.15) is 0 Å². The summed E-state index contributed by atoms with van der Waals surface area (Å²) in [6.45, 7) is 0.752. The van der Waals surface area contributed by atoms with E-state index in [-0.39, 0.29) is 6.42 Å². The lowest BCUT2D eigenvalue weighted by atomic mass is 10.2. The Morgan fingerprint density at radius 2 is 2.53 bits per heavy atom. The van der Waals surface area contributed by atoms with Crippen LogP contribution in [0.25, 0.3) is 10.4 Å². The summed E-state index contributed by atoms with van der Waals surface area (Å²) in [5.41, 5.74) is 8.67. The lowest BCUT2D eigenvalue weighted by molar-refractivity contribution is -0.136. The van der Waals surface area contributed by atoms with Crippen LogP contribution in [0.4, 0.5) is 0 Å². The summed E-state index contributed by atoms with van der Waals surface area (Å²) in [7, 11) is 0. The first-order valence-electron chi connectivity index (χ1n) is 4.34. The maximum atomic E-state index is 10.3. The van der Waals surface area contributed by atoms with Gasteiger partial charge in [0.15, 0.2) is 0 Å². The Balaban J connectivity index is 2.41. The average Bonchev–Trinajstić information content (AvgIpc) is 2.63. The summed E-state index contributed by atoms with van der Waals surface area (Å²) in [6.07, 6.45) is 2.04. The molecule has 0 saturated heterocycles. The summed E-state index contributed by atoms with van der Waals surface area (Å²) in [5, 5.41) is 19.3. The van der Waals surface area contributed by atoms with Gasteiger partial charge >= 0.3 is 5.97 Å². The van der Waals surface area contributed by atoms with Gasteiger partial charge in [-0.3, -0.25) is 9.48 Å². The van der Waals surface area contributed by atoms with E-state index < -0.39 is 5.97 Å². The Labute approximate surface area is 85.1 Å². The number of aliphatic carboxylic acids is 1. The van der Waals surface area contributed by atoms with Crippen molar-refractivity contribution in [1.29, 1.82) is 0 Å². The fourth-order valence-electron chi connectivity index (χ4n) is 0.989. The quantitative estimate of drug-likeness (QED) is 0.420. The lowest BCUT2D eigenvalue weighted by Gasteiger charge is -1.92. The predicted molar refractivity (Wildman–Crippen MR) is 50.0 cm³/mol. The molecule has 0 radical (unpaired) electrons. The summed E-state index contributed by atoms with van der Waals surface area (Å²) in [6, 6.07) is 0. The second-order valence-corrected chi connectivity index (χ2v) is 2.82. The molecule has 0 aliphatic carbocycles. The third-order valence-electron chi connectivity index (χ3n) is 1.67. The topological polar surface area (TPSA) is 117 Å². The SMILES string of the molecule is [N-]=[N+]=NCCn1cc(CCC(=O)O)nn1. The summed E-state index contributed by atoms with van der Waals surface area (Å²) in [5.74, 6) is -0.862. The minimum absolute atomic E-state index is 0.0367. The normalized spacial score (nSPS) is 9.60. The minimum Gasteiger partial charge on any atom is -0.481 e. The zero-order valence-electron chi connectivity index (χ0n) is 7.94. The van der Waals surface area contributed by atoms with Gasteiger partial charge in [-0.25, -0.2) is 0 Å². The van der Waals surface area contributed by atoms with Gasteiger partial charge in [0.2, 0.25) is 0 Å². The number of aryl methyl sites for hydroxylation is 1. The van der Waals surface area contributed by atoms with Gasteiger partial charge in [0, 0.05) is 30.6 Å². The molecule has 1 rings (SSSR count). The van der Waals surface area contributed by atoms with Gasteiger partial charge in [-0.05, 0) is 5.53 Å². The number of hydrogen-bond acceptors (Lipinski definition) is 4. The molecule has 1 heterocycles. The van der Waals surface area contributed by atoms with Crippen LogP contribution in [0.3, 0.4) is 0 Å². The molecule has 0 aromatic carbocycles. The van der Waals surface area contributed by atoms with Crippen molar-refractivity contribution in [3.63, 3.8) is 0 Å². The lowest BCUT2D eigenvalue weighted by Crippen LogP contribution is -2.01. The molecule has 0 saturated carbocycles. The highest BCUT2D eigenvalue weighted by atomic mass is 16.4. The maximum Gasteiger partial charge on any atom is 0.303 e. The molecule has 15 heavy (non-hydrogen) atoms. The molecule has 0 bridgehead atoms. The third kappa shape index (κ3) is 4.10. The highest BCUT2D eigenvalue weighted by Gasteiger charge is 2.03. The van der Waals surface area contributed by atoms with Crippen LogP contribution < -0.4 is 0 Å². The Morgan fingerprint density at radius 1 is 1.73 bits per heavy atom. The van der Waals surface area contributed by atoms with Crippen LogP contribution in [-0.4, -0.2) is 32.6 Å². The fourth-order valence-corrected chi connectivity index (χ4v) is 0.989. The van der Waals surface area contributed by atoms with E-state index in [9.17, 15) is 4.79 Å². The Hall–Kier alpha value is -2.08. The Bertz CT molecular complexity index is 360. The van der Waals surface area contributed by atoms with Crippen LogP contribution >= 0.6 is 0 Å². The first-order valence-corrected chi connectivity index (χ1v) is 4.34. The molecule has 0 aliphatic heterocycles. The predicted octanol–water partition coefficient (Wildman–Crippen LogP) is 0.606. The molecule has 0 spiro atoms. The van der Waals surface area contributed by atoms with Crippen LogP contribution in [0.2, 0.25) is 0 Å². The number of carboxylic acid groups (broad SMARTS) is 1. The van der Waals surface area contributed by atoms with E-state index >= 15 is 0 Å². The molecule has 0 aliphatic rings. The molecule has 80 valence electrons. The van der Waals surface area contributed by atoms with E-state index in [1.54, 1.807) is 6.20 Å². The second-order valence-electron chi connectivity index (χ2n) is 2.82. The van der Waals surface area contributed by atoms with E-state index in [2.05, 4.69) is 20.3 Å². The molecule has 0 amide bonds. The number of carboxylic acids is 1. The van der Waals surface area contributed by atoms with E-state index in [0.717, 1.165) is 0 Å². The summed E-state index contributed by atoms with van der Waals surface area (Å²) in [4.78, 5) is 12.9. The van der Waals surface area contributed by atoms with Gasteiger partial charge in [0.25, 0.3) is 0 Å². The molecule has 1 N–H and O–H groups in total. The molecular weight excluding hydrogens is 200 g/mol. The number of carbonyl (C=O) groups is 1. The number of azide groups is 1. The van der Waals surface area contributed by atoms with Gasteiger partial charge in [-0.2, -0.15) is 0 Å². The highest BCUT2D eigenvalue weighted by molar-refractivity contribution is 5.66. The van der Waals surface area contributed by atoms with Crippen LogP contribution in [0.1, 0.15) is 12.1 Å². The van der Waals surface area contributed by atoms with Crippen molar-refractivity contribution >= 4 is 5.97 Å². The second kappa shape index (κ2) is 5.61. The smallest absolute Gasteiger partial charge is 0.303 e. The van der Waals surface area contributed by atoms with Gasteiger partial charge in [-0.1, -0.05) is 10.3 Å². The molecule has 1 aromatic heterocycles. The van der Waals surface area contributed by atoms with Crippen molar-refractivity contribution < 1.29 is 9.90 Å². The van der Waals surface area contributed by atoms with Crippen molar-refractivity contribution in [2.75, 3.05) is 6.54 Å². The zero-order valence-corrected chi connectivity index (χ0v) is 7.94. The number of hydrogen-bond donors (Lipinski definition) is 1. The van der Waals surface area contributed by atoms with Crippen molar-refractivity contribution in [3.05, 3.63) is 22.3 Å². The molecule has 8 heteroatoms. The highest BCUT2D eigenvalue weighted by Crippen LogP contribution is 1.98. The minimum atomic E-state index is -0.862. The molecule has 0 atom stereocenters. The van der Waals surface area contributed by atoms with Crippen molar-refractivity contribution in [2.24, 2.45) is 5.11 Å². The number of nitrogens with zero attached hydrogens (tertiary/aromatic N) is 6. The first kappa shape index (κ1) is 11.0. The van der Waals surface area contributed by atoms with Gasteiger partial charge < -0.3 is 5.11 Å². The number of rotatable bonds is 6. The van der Waals surface area contributed by atoms with Crippen molar-refractivity contribution in [1.82, 2.24) is 15.0 Å². The zero-order chi connectivity index (χ0) is 11.1. The molecule has 0 unspecified atom stereocenters. The largest absolute Gasteiger partial charge is 0.481 e. The van der Waals surface area contributed by atoms with E-state index in [1.165, 1.54) is 4.68 Å². The standard InChI is InChI=1S/C7H10N6O2/c8-11-9-3-4-13-5-6(10-12-13)1-2-7(14)15/h5H,1-4H2,(H,14,15). The Morgan fingerprint density at radius 3 is 3.20 bits per heavy atom. The first-order chi connectivity index (χ1) is 7.22. The van der Waals surface area contributed by atoms with Gasteiger partial charge in [-0.15, -0.1) is 5.10 Å². The van der Waals surface area contributed by atoms with E-state index in [0.29, 0.717) is 25.2 Å². The summed E-state index contributed by atoms with van der Waals surface area (Å²) >= 11 is 0. The van der Waals surface area contributed by atoms with E-state index in [4.69, 9.17) is 10.6 Å². The van der Waals surface area contributed by atoms with Gasteiger partial charge in [0.05, 0.1) is 12.1 Å². The Kier molecular flexibility index (Phi) is 4.11. The average molecular weight is 210 g/mol. The van der Waals surface area contributed by atoms with Crippen LogP contribution in [0.15, 0.2) is 11.3 Å². The van der Waals surface area contributed by atoms with Crippen LogP contribution in [-0.2, 0) is 17.8 Å². The number of aromatic nitrogens is 3. The fraction of sp³-hybridized carbons (Fsp3) is 0.571. The van der Waals surface area contributed by atoms with Crippen LogP contribution in [0.5, 0.6) is 0 Å².